The first kappa shape index (κ1) is 18.4. The SMILES string of the molecule is CNC(=O)CN1C(=O)C(C)(C)Oc2ccc(C(=O)CCC(=O)O)cc21. The van der Waals surface area contributed by atoms with Crippen LogP contribution in [0.1, 0.15) is 37.0 Å². The highest BCUT2D eigenvalue weighted by atomic mass is 16.5. The number of amides is 2. The normalized spacial score (nSPS) is 15.2. The van der Waals surface area contributed by atoms with Gasteiger partial charge in [-0.3, -0.25) is 24.1 Å². The van der Waals surface area contributed by atoms with E-state index in [2.05, 4.69) is 5.32 Å². The lowest BCUT2D eigenvalue weighted by atomic mass is 10.0. The molecule has 1 aliphatic heterocycles. The zero-order valence-corrected chi connectivity index (χ0v) is 14.3. The number of likely N-dealkylation sites (N-methyl/N-ethyl adjacent to an activating group) is 1. The molecule has 1 heterocycles. The van der Waals surface area contributed by atoms with Crippen molar-refractivity contribution in [3.8, 4) is 5.75 Å². The number of ketones is 1. The summed E-state index contributed by atoms with van der Waals surface area (Å²) in [5, 5.41) is 11.1. The predicted molar refractivity (Wildman–Crippen MR) is 88.8 cm³/mol. The number of fused-ring (bicyclic) bond motifs is 1. The standard InChI is InChI=1S/C17H20N2O6/c1-17(2)16(24)19(9-14(21)18-3)11-8-10(4-6-13(11)25-17)12(20)5-7-15(22)23/h4,6,8H,5,7,9H2,1-3H3,(H,18,21)(H,22,23). The van der Waals surface area contributed by atoms with Gasteiger partial charge in [0.25, 0.3) is 5.91 Å². The molecule has 0 spiro atoms. The number of hydrogen-bond acceptors (Lipinski definition) is 5. The lowest BCUT2D eigenvalue weighted by molar-refractivity contribution is -0.137. The Balaban J connectivity index is 2.39. The van der Waals surface area contributed by atoms with Crippen LogP contribution in [0.15, 0.2) is 18.2 Å². The molecular formula is C17H20N2O6. The van der Waals surface area contributed by atoms with Gasteiger partial charge in [-0.15, -0.1) is 0 Å². The van der Waals surface area contributed by atoms with Gasteiger partial charge in [-0.05, 0) is 32.0 Å². The first-order valence-electron chi connectivity index (χ1n) is 7.76. The van der Waals surface area contributed by atoms with E-state index in [0.29, 0.717) is 11.4 Å². The second-order valence-corrected chi connectivity index (χ2v) is 6.18. The summed E-state index contributed by atoms with van der Waals surface area (Å²) in [7, 11) is 1.46. The number of carbonyl (C=O) groups excluding carboxylic acids is 3. The molecule has 2 rings (SSSR count). The smallest absolute Gasteiger partial charge is 0.303 e. The maximum atomic E-state index is 12.6. The highest BCUT2D eigenvalue weighted by Gasteiger charge is 2.41. The molecule has 1 aliphatic rings. The monoisotopic (exact) mass is 348 g/mol. The number of aliphatic carboxylic acids is 1. The first-order valence-corrected chi connectivity index (χ1v) is 7.76. The number of nitrogens with one attached hydrogen (secondary N) is 1. The van der Waals surface area contributed by atoms with Crippen LogP contribution >= 0.6 is 0 Å². The summed E-state index contributed by atoms with van der Waals surface area (Å²) in [6.07, 6.45) is -0.426. The van der Waals surface area contributed by atoms with Crippen molar-refractivity contribution in [2.45, 2.75) is 32.3 Å². The van der Waals surface area contributed by atoms with Crippen LogP contribution < -0.4 is 15.0 Å². The van der Waals surface area contributed by atoms with Gasteiger partial charge in [0.2, 0.25) is 5.91 Å². The van der Waals surface area contributed by atoms with Gasteiger partial charge in [-0.25, -0.2) is 0 Å². The number of Topliss-reactive ketones (excluding diaryl/α,β-unsaturated/α-hetero) is 1. The van der Waals surface area contributed by atoms with Crippen LogP contribution in [0.4, 0.5) is 5.69 Å². The Labute approximate surface area is 144 Å². The van der Waals surface area contributed by atoms with Crippen molar-refractivity contribution in [2.75, 3.05) is 18.5 Å². The average molecular weight is 348 g/mol. The largest absolute Gasteiger partial charge is 0.481 e. The number of hydrogen-bond donors (Lipinski definition) is 2. The third-order valence-electron chi connectivity index (χ3n) is 3.84. The van der Waals surface area contributed by atoms with E-state index in [1.165, 1.54) is 24.1 Å². The topological polar surface area (TPSA) is 113 Å². The summed E-state index contributed by atoms with van der Waals surface area (Å²) in [4.78, 5) is 48.4. The van der Waals surface area contributed by atoms with Gasteiger partial charge in [-0.2, -0.15) is 0 Å². The number of carboxylic acid groups (broad SMARTS) is 1. The van der Waals surface area contributed by atoms with E-state index in [0.717, 1.165) is 0 Å². The molecule has 1 aromatic rings. The van der Waals surface area contributed by atoms with E-state index in [1.54, 1.807) is 19.9 Å². The Morgan fingerprint density at radius 2 is 1.92 bits per heavy atom. The number of benzene rings is 1. The van der Waals surface area contributed by atoms with Crippen LogP contribution in [-0.4, -0.2) is 47.9 Å². The molecule has 2 N–H and O–H groups in total. The fourth-order valence-corrected chi connectivity index (χ4v) is 2.49. The lowest BCUT2D eigenvalue weighted by Gasteiger charge is -2.38. The lowest BCUT2D eigenvalue weighted by Crippen LogP contribution is -2.54. The summed E-state index contributed by atoms with van der Waals surface area (Å²) in [5.41, 5.74) is -0.567. The second kappa shape index (κ2) is 6.92. The molecule has 0 aliphatic carbocycles. The van der Waals surface area contributed by atoms with Gasteiger partial charge >= 0.3 is 5.97 Å². The van der Waals surface area contributed by atoms with Gasteiger partial charge < -0.3 is 15.2 Å². The molecule has 0 unspecified atom stereocenters. The molecule has 0 atom stereocenters. The van der Waals surface area contributed by atoms with Gasteiger partial charge in [0, 0.05) is 19.0 Å². The Kier molecular flexibility index (Phi) is 5.10. The molecule has 8 heteroatoms. The highest BCUT2D eigenvalue weighted by molar-refractivity contribution is 6.07. The van der Waals surface area contributed by atoms with E-state index in [9.17, 15) is 19.2 Å². The second-order valence-electron chi connectivity index (χ2n) is 6.18. The molecule has 0 bridgehead atoms. The molecule has 25 heavy (non-hydrogen) atoms. The fraction of sp³-hybridized carbons (Fsp3) is 0.412. The third kappa shape index (κ3) is 3.96. The van der Waals surface area contributed by atoms with Crippen molar-refractivity contribution in [1.29, 1.82) is 0 Å². The number of carboxylic acids is 1. The van der Waals surface area contributed by atoms with Crippen LogP contribution in [0.3, 0.4) is 0 Å². The molecule has 0 radical (unpaired) electrons. The van der Waals surface area contributed by atoms with E-state index in [-0.39, 0.29) is 36.6 Å². The molecule has 8 nitrogen and oxygen atoms in total. The quantitative estimate of drug-likeness (QED) is 0.741. The Morgan fingerprint density at radius 3 is 2.52 bits per heavy atom. The average Bonchev–Trinajstić information content (AvgIpc) is 2.55. The van der Waals surface area contributed by atoms with Crippen LogP contribution in [0.2, 0.25) is 0 Å². The van der Waals surface area contributed by atoms with Gasteiger partial charge in [0.05, 0.1) is 12.1 Å². The molecule has 0 saturated heterocycles. The van der Waals surface area contributed by atoms with Crippen LogP contribution in [0.5, 0.6) is 5.75 Å². The van der Waals surface area contributed by atoms with Crippen molar-refractivity contribution in [1.82, 2.24) is 5.32 Å². The number of nitrogens with zero attached hydrogens (tertiary/aromatic N) is 1. The number of carbonyl (C=O) groups is 4. The summed E-state index contributed by atoms with van der Waals surface area (Å²) < 4.78 is 5.68. The van der Waals surface area contributed by atoms with Crippen molar-refractivity contribution in [2.24, 2.45) is 0 Å². The number of ether oxygens (including phenoxy) is 1. The van der Waals surface area contributed by atoms with Crippen LogP contribution in [-0.2, 0) is 14.4 Å². The molecule has 0 aromatic heterocycles. The van der Waals surface area contributed by atoms with E-state index >= 15 is 0 Å². The highest BCUT2D eigenvalue weighted by Crippen LogP contribution is 2.38. The van der Waals surface area contributed by atoms with E-state index in [4.69, 9.17) is 9.84 Å². The predicted octanol–water partition coefficient (Wildman–Crippen LogP) is 0.984. The van der Waals surface area contributed by atoms with Gasteiger partial charge in [-0.1, -0.05) is 0 Å². The summed E-state index contributed by atoms with van der Waals surface area (Å²) in [6, 6.07) is 4.52. The molecule has 0 saturated carbocycles. The Hall–Kier alpha value is -2.90. The van der Waals surface area contributed by atoms with Crippen LogP contribution in [0, 0.1) is 0 Å². The third-order valence-corrected chi connectivity index (χ3v) is 3.84. The zero-order valence-electron chi connectivity index (χ0n) is 14.3. The minimum atomic E-state index is -1.14. The maximum Gasteiger partial charge on any atom is 0.303 e. The van der Waals surface area contributed by atoms with E-state index < -0.39 is 17.5 Å². The molecule has 0 fully saturated rings. The maximum absolute atomic E-state index is 12.6. The van der Waals surface area contributed by atoms with E-state index in [1.807, 2.05) is 0 Å². The molecule has 1 aromatic carbocycles. The van der Waals surface area contributed by atoms with Crippen molar-refractivity contribution in [3.05, 3.63) is 23.8 Å². The molecule has 134 valence electrons. The summed E-state index contributed by atoms with van der Waals surface area (Å²) in [5.74, 6) is -1.81. The van der Waals surface area contributed by atoms with Crippen LogP contribution in [0.25, 0.3) is 0 Å². The number of rotatable bonds is 6. The summed E-state index contributed by atoms with van der Waals surface area (Å²) in [6.45, 7) is 2.99. The zero-order chi connectivity index (χ0) is 18.8. The van der Waals surface area contributed by atoms with Crippen molar-refractivity contribution >= 4 is 29.3 Å². The minimum absolute atomic E-state index is 0.149. The Bertz CT molecular complexity index is 741. The summed E-state index contributed by atoms with van der Waals surface area (Å²) >= 11 is 0. The van der Waals surface area contributed by atoms with Crippen molar-refractivity contribution < 1.29 is 29.0 Å². The molecule has 2 amide bonds. The van der Waals surface area contributed by atoms with Gasteiger partial charge in [0.1, 0.15) is 12.3 Å². The number of anilines is 1. The molecular weight excluding hydrogens is 328 g/mol. The van der Waals surface area contributed by atoms with Gasteiger partial charge in [0.15, 0.2) is 11.4 Å². The minimum Gasteiger partial charge on any atom is -0.481 e. The van der Waals surface area contributed by atoms with Crippen molar-refractivity contribution in [3.63, 3.8) is 0 Å². The first-order chi connectivity index (χ1) is 11.7. The fourth-order valence-electron chi connectivity index (χ4n) is 2.49. The Morgan fingerprint density at radius 1 is 1.24 bits per heavy atom.